The summed E-state index contributed by atoms with van der Waals surface area (Å²) in [5.41, 5.74) is 6.57. The number of rotatable bonds is 1. The highest BCUT2D eigenvalue weighted by Gasteiger charge is 2.09. The molecule has 1 aromatic carbocycles. The van der Waals surface area contributed by atoms with Crippen LogP contribution in [0.3, 0.4) is 0 Å². The molecule has 30 heavy (non-hydrogen) atoms. The molecule has 0 atom stereocenters. The number of fused-ring (bicyclic) bond motifs is 8. The Morgan fingerprint density at radius 3 is 1.77 bits per heavy atom. The fourth-order valence-electron chi connectivity index (χ4n) is 4.04. The highest BCUT2D eigenvalue weighted by atomic mass is 14.8. The highest BCUT2D eigenvalue weighted by molar-refractivity contribution is 5.77. The van der Waals surface area contributed by atoms with E-state index in [4.69, 9.17) is 0 Å². The summed E-state index contributed by atoms with van der Waals surface area (Å²) in [6, 6.07) is 27.4. The Morgan fingerprint density at radius 2 is 1.03 bits per heavy atom. The van der Waals surface area contributed by atoms with Crippen LogP contribution in [0.4, 0.5) is 0 Å². The van der Waals surface area contributed by atoms with Crippen molar-refractivity contribution in [1.82, 2.24) is 19.9 Å². The van der Waals surface area contributed by atoms with Crippen molar-refractivity contribution >= 4 is 23.8 Å². The van der Waals surface area contributed by atoms with E-state index in [1.807, 2.05) is 6.07 Å². The molecule has 5 heterocycles. The minimum atomic E-state index is 1.06. The monoisotopic (exact) mass is 388 g/mol. The molecule has 8 bridgehead atoms. The van der Waals surface area contributed by atoms with Gasteiger partial charge in [-0.25, -0.2) is 0 Å². The summed E-state index contributed by atoms with van der Waals surface area (Å²) in [4.78, 5) is 14.1. The van der Waals surface area contributed by atoms with Gasteiger partial charge in [0.15, 0.2) is 0 Å². The summed E-state index contributed by atoms with van der Waals surface area (Å²) in [6.07, 6.45) is 6.37. The first kappa shape index (κ1) is 16.7. The molecule has 1 aliphatic heterocycles. The molecule has 144 valence electrons. The van der Waals surface area contributed by atoms with Crippen molar-refractivity contribution in [2.75, 3.05) is 0 Å². The van der Waals surface area contributed by atoms with E-state index in [0.29, 0.717) is 0 Å². The fraction of sp³-hybridized carbons (Fsp3) is 0. The molecule has 0 spiro atoms. The van der Waals surface area contributed by atoms with Crippen LogP contribution in [-0.4, -0.2) is 19.9 Å². The average molecular weight is 388 g/mol. The summed E-state index contributed by atoms with van der Waals surface area (Å²) in [7, 11) is 0. The van der Waals surface area contributed by atoms with Gasteiger partial charge in [0.1, 0.15) is 0 Å². The van der Waals surface area contributed by atoms with Crippen LogP contribution in [0.5, 0.6) is 0 Å². The Bertz CT molecular complexity index is 1590. The standard InChI is InChI=1S/C26H20N4/c1-2-4-17(5-3-1)26-24-12-10-22(29-24)15-20-8-6-18(27-20)14-19-7-9-21(28-19)16-23-11-13-25(26)30-23/h1-16,27-30H. The van der Waals surface area contributed by atoms with Crippen LogP contribution in [0, 0.1) is 0 Å². The Labute approximate surface area is 172 Å². The molecule has 0 aliphatic carbocycles. The molecule has 0 saturated carbocycles. The van der Waals surface area contributed by atoms with E-state index in [0.717, 1.165) is 49.7 Å². The maximum absolute atomic E-state index is 3.58. The van der Waals surface area contributed by atoms with Gasteiger partial charge in [-0.15, -0.1) is 0 Å². The van der Waals surface area contributed by atoms with E-state index in [2.05, 4.69) is 111 Å². The Morgan fingerprint density at radius 1 is 0.433 bits per heavy atom. The zero-order valence-electron chi connectivity index (χ0n) is 16.2. The van der Waals surface area contributed by atoms with Gasteiger partial charge in [0.2, 0.25) is 0 Å². The predicted octanol–water partition coefficient (Wildman–Crippen LogP) is 2.05. The molecule has 1 aliphatic rings. The molecule has 6 rings (SSSR count). The van der Waals surface area contributed by atoms with Crippen LogP contribution in [0.2, 0.25) is 0 Å². The molecule has 4 nitrogen and oxygen atoms in total. The van der Waals surface area contributed by atoms with E-state index in [1.165, 1.54) is 5.56 Å². The second-order valence-corrected chi connectivity index (χ2v) is 7.57. The van der Waals surface area contributed by atoms with Crippen molar-refractivity contribution in [1.29, 1.82) is 0 Å². The van der Waals surface area contributed by atoms with Gasteiger partial charge in [0, 0.05) is 49.7 Å². The van der Waals surface area contributed by atoms with Gasteiger partial charge in [-0.3, -0.25) is 0 Å². The molecule has 4 heteroatoms. The summed E-state index contributed by atoms with van der Waals surface area (Å²) in [6.45, 7) is 0. The van der Waals surface area contributed by atoms with Crippen molar-refractivity contribution in [2.45, 2.75) is 0 Å². The molecule has 4 N–H and O–H groups in total. The number of aromatic amines is 4. The molecule has 0 fully saturated rings. The van der Waals surface area contributed by atoms with Crippen LogP contribution in [0.1, 0.15) is 28.3 Å². The number of benzene rings is 1. The van der Waals surface area contributed by atoms with Crippen molar-refractivity contribution in [3.63, 3.8) is 0 Å². The maximum Gasteiger partial charge on any atom is 0.0485 e. The second kappa shape index (κ2) is 6.71. The molecule has 0 radical (unpaired) electrons. The topological polar surface area (TPSA) is 63.2 Å². The van der Waals surface area contributed by atoms with Gasteiger partial charge in [-0.1, -0.05) is 30.3 Å². The lowest BCUT2D eigenvalue weighted by Crippen LogP contribution is -2.14. The van der Waals surface area contributed by atoms with E-state index in [-0.39, 0.29) is 0 Å². The molecule has 0 unspecified atom stereocenters. The minimum absolute atomic E-state index is 1.06. The minimum Gasteiger partial charge on any atom is -0.355 e. The Hall–Kier alpha value is -4.18. The number of hydrogen-bond donors (Lipinski definition) is 4. The quantitative estimate of drug-likeness (QED) is 0.333. The lowest BCUT2D eigenvalue weighted by atomic mass is 10.0. The van der Waals surface area contributed by atoms with E-state index in [1.54, 1.807) is 0 Å². The SMILES string of the molecule is C1=c2ccc([nH]2)=Cc2ccc([nH]2)C(c2ccccc2)=c2ccc([nH]2)=Cc2ccc1[nH]2. The summed E-state index contributed by atoms with van der Waals surface area (Å²) < 4.78 is 0. The average Bonchev–Trinajstić information content (AvgIpc) is 3.54. The zero-order valence-corrected chi connectivity index (χ0v) is 16.2. The molecule has 5 aromatic rings. The molecule has 0 amide bonds. The lowest BCUT2D eigenvalue weighted by Gasteiger charge is -2.05. The van der Waals surface area contributed by atoms with Crippen LogP contribution in [0.25, 0.3) is 23.8 Å². The molecular formula is C26H20N4. The summed E-state index contributed by atoms with van der Waals surface area (Å²) >= 11 is 0. The third kappa shape index (κ3) is 3.05. The first-order valence-corrected chi connectivity index (χ1v) is 10.0. The van der Waals surface area contributed by atoms with Crippen molar-refractivity contribution in [3.05, 3.63) is 129 Å². The maximum atomic E-state index is 3.58. The van der Waals surface area contributed by atoms with Crippen LogP contribution in [0.15, 0.2) is 78.9 Å². The van der Waals surface area contributed by atoms with Crippen molar-refractivity contribution < 1.29 is 0 Å². The molecule has 4 aromatic heterocycles. The van der Waals surface area contributed by atoms with E-state index in [9.17, 15) is 0 Å². The van der Waals surface area contributed by atoms with Gasteiger partial charge in [0.25, 0.3) is 0 Å². The van der Waals surface area contributed by atoms with Gasteiger partial charge in [0.05, 0.1) is 0 Å². The van der Waals surface area contributed by atoms with Crippen molar-refractivity contribution in [2.24, 2.45) is 0 Å². The van der Waals surface area contributed by atoms with Gasteiger partial charge >= 0.3 is 0 Å². The normalized spacial score (nSPS) is 12.7. The largest absolute Gasteiger partial charge is 0.355 e. The van der Waals surface area contributed by atoms with Crippen LogP contribution < -0.4 is 21.4 Å². The predicted molar refractivity (Wildman–Crippen MR) is 120 cm³/mol. The Balaban J connectivity index is 1.68. The third-order valence-electron chi connectivity index (χ3n) is 5.41. The van der Waals surface area contributed by atoms with Crippen molar-refractivity contribution in [3.8, 4) is 0 Å². The first-order valence-electron chi connectivity index (χ1n) is 10.0. The fourth-order valence-corrected chi connectivity index (χ4v) is 4.04. The molecule has 0 saturated heterocycles. The zero-order chi connectivity index (χ0) is 19.9. The highest BCUT2D eigenvalue weighted by Crippen LogP contribution is 2.20. The van der Waals surface area contributed by atoms with Crippen LogP contribution >= 0.6 is 0 Å². The lowest BCUT2D eigenvalue weighted by molar-refractivity contribution is 1.22. The number of aromatic nitrogens is 4. The van der Waals surface area contributed by atoms with E-state index >= 15 is 0 Å². The first-order chi connectivity index (χ1) is 14.8. The number of hydrogen-bond acceptors (Lipinski definition) is 0. The molecular weight excluding hydrogens is 368 g/mol. The van der Waals surface area contributed by atoms with Gasteiger partial charge in [-0.05, 0) is 72.3 Å². The number of nitrogens with one attached hydrogen (secondary N) is 4. The third-order valence-corrected chi connectivity index (χ3v) is 5.41. The summed E-state index contributed by atoms with van der Waals surface area (Å²) in [5.74, 6) is 0. The number of H-pyrrole nitrogens is 4. The van der Waals surface area contributed by atoms with Gasteiger partial charge in [-0.2, -0.15) is 0 Å². The van der Waals surface area contributed by atoms with E-state index < -0.39 is 0 Å². The Kier molecular flexibility index (Phi) is 3.74. The van der Waals surface area contributed by atoms with Gasteiger partial charge < -0.3 is 19.9 Å². The summed E-state index contributed by atoms with van der Waals surface area (Å²) in [5, 5.41) is 4.25. The second-order valence-electron chi connectivity index (χ2n) is 7.57. The van der Waals surface area contributed by atoms with Crippen LogP contribution in [-0.2, 0) is 0 Å². The smallest absolute Gasteiger partial charge is 0.0485 e.